The van der Waals surface area contributed by atoms with E-state index in [1.165, 1.54) is 48.8 Å². The lowest BCUT2D eigenvalue weighted by atomic mass is 9.97. The summed E-state index contributed by atoms with van der Waals surface area (Å²) in [5.41, 5.74) is 1.20. The Bertz CT molecular complexity index is 709. The van der Waals surface area contributed by atoms with Crippen LogP contribution >= 0.6 is 12.4 Å². The third kappa shape index (κ3) is 4.67. The summed E-state index contributed by atoms with van der Waals surface area (Å²) >= 11 is 0. The van der Waals surface area contributed by atoms with Crippen LogP contribution in [0.4, 0.5) is 0 Å². The zero-order valence-corrected chi connectivity index (χ0v) is 16.4. The van der Waals surface area contributed by atoms with Crippen molar-refractivity contribution >= 4 is 23.2 Å². The van der Waals surface area contributed by atoms with Crippen molar-refractivity contribution in [3.05, 3.63) is 36.2 Å². The highest BCUT2D eigenvalue weighted by Gasteiger charge is 2.24. The first-order valence-electron chi connectivity index (χ1n) is 9.72. The Hall–Kier alpha value is -1.36. The van der Waals surface area contributed by atoms with E-state index in [2.05, 4.69) is 40.3 Å². The van der Waals surface area contributed by atoms with Crippen LogP contribution in [0, 0.1) is 12.8 Å². The van der Waals surface area contributed by atoms with Crippen molar-refractivity contribution in [3.63, 3.8) is 0 Å². The number of benzene rings is 1. The molecule has 1 aromatic carbocycles. The van der Waals surface area contributed by atoms with E-state index < -0.39 is 0 Å². The highest BCUT2D eigenvalue weighted by molar-refractivity contribution is 5.85. The van der Waals surface area contributed by atoms with E-state index in [4.69, 9.17) is 4.74 Å². The van der Waals surface area contributed by atoms with E-state index in [-0.39, 0.29) is 12.4 Å². The number of rotatable bonds is 4. The molecule has 4 nitrogen and oxygen atoms in total. The van der Waals surface area contributed by atoms with Crippen molar-refractivity contribution in [2.24, 2.45) is 5.92 Å². The van der Waals surface area contributed by atoms with E-state index in [1.807, 2.05) is 12.4 Å². The molecule has 3 heterocycles. The summed E-state index contributed by atoms with van der Waals surface area (Å²) in [6.07, 6.45) is 9.10. The summed E-state index contributed by atoms with van der Waals surface area (Å²) in [5, 5.41) is 5.92. The number of aromatic nitrogens is 1. The summed E-state index contributed by atoms with van der Waals surface area (Å²) in [4.78, 5) is 6.84. The van der Waals surface area contributed by atoms with E-state index >= 15 is 0 Å². The summed E-state index contributed by atoms with van der Waals surface area (Å²) in [5.74, 6) is 1.87. The molecular weight excluding hydrogens is 346 g/mol. The molecule has 0 saturated carbocycles. The van der Waals surface area contributed by atoms with Crippen LogP contribution in [-0.4, -0.2) is 48.7 Å². The van der Waals surface area contributed by atoms with E-state index in [0.717, 1.165) is 37.6 Å². The van der Waals surface area contributed by atoms with Crippen molar-refractivity contribution in [1.29, 1.82) is 0 Å². The van der Waals surface area contributed by atoms with Gasteiger partial charge in [-0.15, -0.1) is 12.4 Å². The fourth-order valence-electron chi connectivity index (χ4n) is 4.19. The van der Waals surface area contributed by atoms with Gasteiger partial charge in [0.1, 0.15) is 11.9 Å². The minimum atomic E-state index is 0. The van der Waals surface area contributed by atoms with Crippen LogP contribution in [0.1, 0.15) is 31.2 Å². The topological polar surface area (TPSA) is 37.4 Å². The van der Waals surface area contributed by atoms with Crippen LogP contribution in [0.15, 0.2) is 30.6 Å². The molecule has 2 saturated heterocycles. The third-order valence-corrected chi connectivity index (χ3v) is 5.68. The van der Waals surface area contributed by atoms with Crippen molar-refractivity contribution in [1.82, 2.24) is 15.2 Å². The van der Waals surface area contributed by atoms with Crippen molar-refractivity contribution in [2.45, 2.75) is 38.7 Å². The lowest BCUT2D eigenvalue weighted by molar-refractivity contribution is 0.0876. The Labute approximate surface area is 162 Å². The highest BCUT2D eigenvalue weighted by atomic mass is 35.5. The molecule has 0 bridgehead atoms. The van der Waals surface area contributed by atoms with E-state index in [1.54, 1.807) is 0 Å². The van der Waals surface area contributed by atoms with Crippen molar-refractivity contribution in [2.75, 3.05) is 32.7 Å². The Morgan fingerprint density at radius 2 is 2.04 bits per heavy atom. The predicted molar refractivity (Wildman–Crippen MR) is 109 cm³/mol. The van der Waals surface area contributed by atoms with Gasteiger partial charge in [-0.05, 0) is 80.8 Å². The molecule has 0 radical (unpaired) electrons. The molecule has 1 N–H and O–H groups in total. The van der Waals surface area contributed by atoms with Gasteiger partial charge in [0, 0.05) is 37.4 Å². The van der Waals surface area contributed by atoms with Gasteiger partial charge in [-0.25, -0.2) is 0 Å². The lowest BCUT2D eigenvalue weighted by Crippen LogP contribution is -2.43. The van der Waals surface area contributed by atoms with Gasteiger partial charge in [0.15, 0.2) is 0 Å². The summed E-state index contributed by atoms with van der Waals surface area (Å²) < 4.78 is 6.37. The van der Waals surface area contributed by atoms with Gasteiger partial charge < -0.3 is 15.0 Å². The molecule has 142 valence electrons. The van der Waals surface area contributed by atoms with Crippen LogP contribution in [0.3, 0.4) is 0 Å². The number of nitrogens with one attached hydrogen (secondary N) is 1. The van der Waals surface area contributed by atoms with Crippen molar-refractivity contribution in [3.8, 4) is 5.75 Å². The number of hydrogen-bond acceptors (Lipinski definition) is 4. The fourth-order valence-corrected chi connectivity index (χ4v) is 4.19. The fraction of sp³-hybridized carbons (Fsp3) is 0.571. The van der Waals surface area contributed by atoms with Gasteiger partial charge >= 0.3 is 0 Å². The number of halogens is 1. The zero-order valence-electron chi connectivity index (χ0n) is 15.6. The normalized spacial score (nSPS) is 22.1. The average molecular weight is 376 g/mol. The molecular formula is C21H30ClN3O. The molecule has 2 aliphatic rings. The number of nitrogens with zero attached hydrogens (tertiary/aromatic N) is 2. The maximum atomic E-state index is 6.37. The second kappa shape index (κ2) is 9.03. The Balaban J connectivity index is 0.00000196. The van der Waals surface area contributed by atoms with Crippen LogP contribution in [0.2, 0.25) is 0 Å². The molecule has 4 rings (SSSR count). The number of pyridine rings is 1. The molecule has 2 fully saturated rings. The largest absolute Gasteiger partial charge is 0.490 e. The number of fused-ring (bicyclic) bond motifs is 1. The molecule has 1 atom stereocenters. The minimum absolute atomic E-state index is 0. The number of ether oxygens (including phenoxy) is 1. The smallest absolute Gasteiger partial charge is 0.123 e. The molecule has 0 aliphatic carbocycles. The number of piperidine rings is 2. The molecule has 0 amide bonds. The highest BCUT2D eigenvalue weighted by Crippen LogP contribution is 2.28. The van der Waals surface area contributed by atoms with Gasteiger partial charge in [-0.1, -0.05) is 0 Å². The Morgan fingerprint density at radius 1 is 1.19 bits per heavy atom. The maximum Gasteiger partial charge on any atom is 0.123 e. The first-order valence-corrected chi connectivity index (χ1v) is 9.72. The molecule has 1 aromatic heterocycles. The predicted octanol–water partition coefficient (Wildman–Crippen LogP) is 3.81. The molecule has 1 unspecified atom stereocenters. The molecule has 5 heteroatoms. The van der Waals surface area contributed by atoms with Crippen molar-refractivity contribution < 1.29 is 4.74 Å². The Kier molecular flexibility index (Phi) is 6.74. The molecule has 26 heavy (non-hydrogen) atoms. The zero-order chi connectivity index (χ0) is 17.1. The molecule has 2 aliphatic heterocycles. The standard InChI is InChI=1S/C21H29N3O.ClH/c1-16-11-19-14-23-8-4-18(19)12-21(16)25-20-5-9-24(10-6-20)15-17-3-2-7-22-13-17;/h4,8,11-12,14,17,20,22H,2-3,5-7,9-10,13,15H2,1H3;1H. The van der Waals surface area contributed by atoms with Crippen LogP contribution in [0.5, 0.6) is 5.75 Å². The van der Waals surface area contributed by atoms with E-state index in [0.29, 0.717) is 6.10 Å². The molecule has 0 spiro atoms. The minimum Gasteiger partial charge on any atom is -0.490 e. The van der Waals surface area contributed by atoms with Gasteiger partial charge in [0.2, 0.25) is 0 Å². The second-order valence-electron chi connectivity index (χ2n) is 7.67. The number of likely N-dealkylation sites (tertiary alicyclic amines) is 1. The quantitative estimate of drug-likeness (QED) is 0.881. The second-order valence-corrected chi connectivity index (χ2v) is 7.67. The van der Waals surface area contributed by atoms with Gasteiger partial charge in [-0.3, -0.25) is 4.98 Å². The Morgan fingerprint density at radius 3 is 2.81 bits per heavy atom. The first kappa shape index (κ1) is 19.4. The third-order valence-electron chi connectivity index (χ3n) is 5.68. The van der Waals surface area contributed by atoms with Crippen LogP contribution < -0.4 is 10.1 Å². The van der Waals surface area contributed by atoms with Crippen LogP contribution in [-0.2, 0) is 0 Å². The molecule has 2 aromatic rings. The first-order chi connectivity index (χ1) is 12.3. The summed E-state index contributed by atoms with van der Waals surface area (Å²) in [6, 6.07) is 6.41. The van der Waals surface area contributed by atoms with Gasteiger partial charge in [0.05, 0.1) is 0 Å². The SMILES string of the molecule is Cc1cc2cnccc2cc1OC1CCN(CC2CCCNC2)CC1.Cl. The van der Waals surface area contributed by atoms with E-state index in [9.17, 15) is 0 Å². The van der Waals surface area contributed by atoms with Crippen LogP contribution in [0.25, 0.3) is 10.8 Å². The summed E-state index contributed by atoms with van der Waals surface area (Å²) in [7, 11) is 0. The number of hydrogen-bond donors (Lipinski definition) is 1. The maximum absolute atomic E-state index is 6.37. The monoisotopic (exact) mass is 375 g/mol. The van der Waals surface area contributed by atoms with Gasteiger partial charge in [-0.2, -0.15) is 0 Å². The average Bonchev–Trinajstić information content (AvgIpc) is 2.65. The number of aryl methyl sites for hydroxylation is 1. The van der Waals surface area contributed by atoms with Gasteiger partial charge in [0.25, 0.3) is 0 Å². The summed E-state index contributed by atoms with van der Waals surface area (Å²) in [6.45, 7) is 8.11. The lowest BCUT2D eigenvalue weighted by Gasteiger charge is -2.35.